The van der Waals surface area contributed by atoms with Crippen LogP contribution in [-0.2, 0) is 0 Å². The van der Waals surface area contributed by atoms with Crippen molar-refractivity contribution in [3.05, 3.63) is 35.9 Å². The third-order valence-corrected chi connectivity index (χ3v) is 24.1. The third-order valence-electron chi connectivity index (χ3n) is 8.36. The van der Waals surface area contributed by atoms with Crippen LogP contribution in [0, 0.1) is 70.3 Å². The van der Waals surface area contributed by atoms with Crippen LogP contribution in [0.4, 0.5) is 0 Å². The standard InChI is InChI=1S/C38H42Br8Si2/c1-25(2)47(26(3)4,27(5)6)23-21-33(37(43)44)19-17-31(35(39)40)15-13-14-16-32(36(41)42)18-20-34(38(45)46)22-24-48(28(7)8,29(9)10)30(11)12/h25-30H,1-12H3. The number of hydrogen-bond donors (Lipinski definition) is 0. The molecule has 48 heavy (non-hydrogen) atoms. The number of rotatable bonds is 6. The summed E-state index contributed by atoms with van der Waals surface area (Å²) in [5, 5.41) is 0. The van der Waals surface area contributed by atoms with Crippen molar-refractivity contribution >= 4 is 144 Å². The van der Waals surface area contributed by atoms with Crippen molar-refractivity contribution in [3.8, 4) is 70.3 Å². The Hall–Kier alpha value is 0.594. The molecule has 0 fully saturated rings. The molecule has 0 nitrogen and oxygen atoms in total. The van der Waals surface area contributed by atoms with Gasteiger partial charge in [0.1, 0.15) is 16.1 Å². The first kappa shape index (κ1) is 48.6. The van der Waals surface area contributed by atoms with E-state index in [1.807, 2.05) is 0 Å². The smallest absolute Gasteiger partial charge is 0.124 e. The second-order valence-corrected chi connectivity index (χ2v) is 34.6. The Labute approximate surface area is 361 Å². The molecule has 0 saturated carbocycles. The molecule has 0 aliphatic rings. The lowest BCUT2D eigenvalue weighted by molar-refractivity contribution is 0.838. The van der Waals surface area contributed by atoms with Crippen molar-refractivity contribution in [2.45, 2.75) is 116 Å². The van der Waals surface area contributed by atoms with E-state index in [0.717, 1.165) is 0 Å². The predicted molar refractivity (Wildman–Crippen MR) is 248 cm³/mol. The van der Waals surface area contributed by atoms with Crippen molar-refractivity contribution in [2.24, 2.45) is 0 Å². The minimum atomic E-state index is -1.93. The summed E-state index contributed by atoms with van der Waals surface area (Å²) in [6.07, 6.45) is 0. The van der Waals surface area contributed by atoms with Crippen LogP contribution in [0.15, 0.2) is 35.9 Å². The van der Waals surface area contributed by atoms with Crippen molar-refractivity contribution < 1.29 is 0 Å². The molecule has 0 aromatic rings. The molecule has 0 aliphatic heterocycles. The second kappa shape index (κ2) is 23.3. The Kier molecular flexibility index (Phi) is 23.6. The maximum Gasteiger partial charge on any atom is 0.146 e. The molecule has 0 rings (SSSR count). The van der Waals surface area contributed by atoms with E-state index >= 15 is 0 Å². The Balaban J connectivity index is 6.71. The molecule has 0 bridgehead atoms. The van der Waals surface area contributed by atoms with Gasteiger partial charge in [0, 0.05) is 0 Å². The van der Waals surface area contributed by atoms with Gasteiger partial charge in [-0.05, 0) is 208 Å². The monoisotopic (exact) mass is 1190 g/mol. The summed E-state index contributed by atoms with van der Waals surface area (Å²) in [5.74, 6) is 31.3. The van der Waals surface area contributed by atoms with Crippen LogP contribution < -0.4 is 0 Å². The Bertz CT molecular complexity index is 1510. The zero-order chi connectivity index (χ0) is 37.6. The zero-order valence-electron chi connectivity index (χ0n) is 29.5. The molecule has 0 spiro atoms. The topological polar surface area (TPSA) is 0 Å². The highest BCUT2D eigenvalue weighted by atomic mass is 79.9. The van der Waals surface area contributed by atoms with Gasteiger partial charge in [0.05, 0.1) is 35.9 Å². The highest BCUT2D eigenvalue weighted by molar-refractivity contribution is 9.29. The lowest BCUT2D eigenvalue weighted by Crippen LogP contribution is -2.43. The fourth-order valence-electron chi connectivity index (χ4n) is 6.15. The maximum atomic E-state index is 3.73. The zero-order valence-corrected chi connectivity index (χ0v) is 44.2. The summed E-state index contributed by atoms with van der Waals surface area (Å²) in [7, 11) is -3.85. The van der Waals surface area contributed by atoms with Crippen LogP contribution in [0.3, 0.4) is 0 Å². The minimum Gasteiger partial charge on any atom is -0.124 e. The van der Waals surface area contributed by atoms with Gasteiger partial charge in [-0.1, -0.05) is 94.9 Å². The molecule has 258 valence electrons. The van der Waals surface area contributed by atoms with Gasteiger partial charge >= 0.3 is 0 Å². The van der Waals surface area contributed by atoms with Gasteiger partial charge in [-0.3, -0.25) is 0 Å². The summed E-state index contributed by atoms with van der Waals surface area (Å²) in [6.45, 7) is 27.5. The molecule has 0 aromatic carbocycles. The molecule has 0 aliphatic carbocycles. The van der Waals surface area contributed by atoms with Gasteiger partial charge in [-0.25, -0.2) is 0 Å². The Morgan fingerprint density at radius 1 is 0.312 bits per heavy atom. The van der Waals surface area contributed by atoms with Gasteiger partial charge in [0.2, 0.25) is 0 Å². The SMILES string of the molecule is CC(C)[Si](C#CC(C#CC(C#CC#CC(C#CC(C#C[Si](C(C)C)(C(C)C)C(C)C)=C(Br)Br)=C(Br)Br)=C(Br)Br)=C(Br)Br)(C(C)C)C(C)C. The first-order chi connectivity index (χ1) is 22.1. The van der Waals surface area contributed by atoms with Crippen LogP contribution in [-0.4, -0.2) is 16.1 Å². The molecule has 10 heteroatoms. The molecule has 0 saturated heterocycles. The van der Waals surface area contributed by atoms with E-state index in [9.17, 15) is 0 Å². The van der Waals surface area contributed by atoms with Crippen LogP contribution >= 0.6 is 127 Å². The maximum absolute atomic E-state index is 3.73. The predicted octanol–water partition coefficient (Wildman–Crippen LogP) is 15.4. The van der Waals surface area contributed by atoms with E-state index < -0.39 is 16.1 Å². The van der Waals surface area contributed by atoms with Crippen LogP contribution in [0.25, 0.3) is 0 Å². The van der Waals surface area contributed by atoms with Crippen molar-refractivity contribution in [2.75, 3.05) is 0 Å². The van der Waals surface area contributed by atoms with Gasteiger partial charge < -0.3 is 0 Å². The highest BCUT2D eigenvalue weighted by Gasteiger charge is 2.42. The van der Waals surface area contributed by atoms with Gasteiger partial charge in [-0.15, -0.1) is 11.1 Å². The van der Waals surface area contributed by atoms with Crippen molar-refractivity contribution in [3.63, 3.8) is 0 Å². The summed E-state index contributed by atoms with van der Waals surface area (Å²) in [4.78, 5) is 0. The van der Waals surface area contributed by atoms with Crippen molar-refractivity contribution in [1.29, 1.82) is 0 Å². The molecular weight excluding hydrogens is 1150 g/mol. The summed E-state index contributed by atoms with van der Waals surface area (Å²) >= 11 is 28.0. The van der Waals surface area contributed by atoms with E-state index in [-0.39, 0.29) is 0 Å². The van der Waals surface area contributed by atoms with Crippen LogP contribution in [0.1, 0.15) is 83.1 Å². The molecule has 0 N–H and O–H groups in total. The molecule has 0 heterocycles. The van der Waals surface area contributed by atoms with Crippen molar-refractivity contribution in [1.82, 2.24) is 0 Å². The molecular formula is C38H42Br8Si2. The third kappa shape index (κ3) is 14.5. The number of hydrogen-bond acceptors (Lipinski definition) is 0. The van der Waals surface area contributed by atoms with E-state index in [1.54, 1.807) is 0 Å². The fourth-order valence-corrected chi connectivity index (χ4v) is 18.1. The molecule has 0 radical (unpaired) electrons. The number of halogens is 8. The molecule has 0 aromatic heterocycles. The first-order valence-electron chi connectivity index (χ1n) is 15.4. The van der Waals surface area contributed by atoms with E-state index in [1.165, 1.54) is 0 Å². The average Bonchev–Trinajstić information content (AvgIpc) is 2.94. The van der Waals surface area contributed by atoms with Crippen LogP contribution in [0.2, 0.25) is 33.2 Å². The highest BCUT2D eigenvalue weighted by Crippen LogP contribution is 2.42. The summed E-state index contributed by atoms with van der Waals surface area (Å²) < 4.78 is 2.67. The van der Waals surface area contributed by atoms with Gasteiger partial charge in [0.15, 0.2) is 0 Å². The van der Waals surface area contributed by atoms with E-state index in [2.05, 4.69) is 281 Å². The minimum absolute atomic E-state index is 0.519. The largest absolute Gasteiger partial charge is 0.146 e. The Morgan fingerprint density at radius 3 is 0.667 bits per heavy atom. The van der Waals surface area contributed by atoms with E-state index in [0.29, 0.717) is 69.1 Å². The second-order valence-electron chi connectivity index (χ2n) is 12.8. The number of allylic oxidation sites excluding steroid dienone is 4. The normalized spacial score (nSPS) is 10.6. The first-order valence-corrected chi connectivity index (χ1v) is 26.2. The summed E-state index contributed by atoms with van der Waals surface area (Å²) in [5.41, 5.74) is 13.0. The summed E-state index contributed by atoms with van der Waals surface area (Å²) in [6, 6.07) is 0. The molecule has 0 unspecified atom stereocenters. The van der Waals surface area contributed by atoms with Gasteiger partial charge in [-0.2, -0.15) is 0 Å². The molecule has 0 amide bonds. The van der Waals surface area contributed by atoms with Gasteiger partial charge in [0.25, 0.3) is 0 Å². The lowest BCUT2D eigenvalue weighted by atomic mass is 10.2. The Morgan fingerprint density at radius 2 is 0.500 bits per heavy atom. The fraction of sp³-hybridized carbons (Fsp3) is 0.474. The van der Waals surface area contributed by atoms with E-state index in [4.69, 9.17) is 0 Å². The van der Waals surface area contributed by atoms with Crippen LogP contribution in [0.5, 0.6) is 0 Å². The lowest BCUT2D eigenvalue weighted by Gasteiger charge is -2.38. The average molecular weight is 1190 g/mol. The quantitative estimate of drug-likeness (QED) is 0.184. The molecule has 0 atom stereocenters.